The van der Waals surface area contributed by atoms with Gasteiger partial charge in [-0.25, -0.2) is 0 Å². The fourth-order valence-electron chi connectivity index (χ4n) is 1.69. The summed E-state index contributed by atoms with van der Waals surface area (Å²) >= 11 is 11.9. The van der Waals surface area contributed by atoms with Crippen LogP contribution in [-0.2, 0) is 11.3 Å². The van der Waals surface area contributed by atoms with Gasteiger partial charge in [-0.05, 0) is 23.8 Å². The zero-order valence-corrected chi connectivity index (χ0v) is 13.4. The molecule has 0 radical (unpaired) electrons. The maximum atomic E-state index is 12.0. The van der Waals surface area contributed by atoms with Crippen LogP contribution in [0.4, 0.5) is 5.69 Å². The minimum absolute atomic E-state index is 0.0788. The van der Waals surface area contributed by atoms with E-state index in [2.05, 4.69) is 15.6 Å². The van der Waals surface area contributed by atoms with Crippen LogP contribution in [0.15, 0.2) is 54.5 Å². The Morgan fingerprint density at radius 1 is 1.30 bits per heavy atom. The first-order chi connectivity index (χ1) is 11.1. The number of benzene rings is 1. The van der Waals surface area contributed by atoms with E-state index >= 15 is 0 Å². The van der Waals surface area contributed by atoms with Gasteiger partial charge in [-0.3, -0.25) is 9.78 Å². The number of hydrogen-bond donors (Lipinski definition) is 2. The quantitative estimate of drug-likeness (QED) is 0.641. The highest BCUT2D eigenvalue weighted by molar-refractivity contribution is 6.43. The number of nitrogens with zero attached hydrogens (tertiary/aromatic N) is 2. The van der Waals surface area contributed by atoms with Gasteiger partial charge >= 0.3 is 0 Å². The topological polar surface area (TPSA) is 77.8 Å². The van der Waals surface area contributed by atoms with E-state index in [1.54, 1.807) is 36.7 Å². The highest BCUT2D eigenvalue weighted by atomic mass is 35.5. The van der Waals surface area contributed by atoms with Crippen LogP contribution in [-0.4, -0.2) is 10.9 Å². The van der Waals surface area contributed by atoms with Crippen molar-refractivity contribution >= 4 is 34.8 Å². The number of nitriles is 1. The second kappa shape index (κ2) is 8.18. The smallest absolute Gasteiger partial charge is 0.263 e. The molecular weight excluding hydrogens is 335 g/mol. The first kappa shape index (κ1) is 16.8. The zero-order chi connectivity index (χ0) is 16.7. The lowest BCUT2D eigenvalue weighted by Gasteiger charge is -2.07. The van der Waals surface area contributed by atoms with E-state index in [0.717, 1.165) is 5.56 Å². The summed E-state index contributed by atoms with van der Waals surface area (Å²) in [5.41, 5.74) is 1.26. The molecule has 0 saturated heterocycles. The molecule has 116 valence electrons. The lowest BCUT2D eigenvalue weighted by molar-refractivity contribution is -0.117. The zero-order valence-electron chi connectivity index (χ0n) is 11.9. The molecule has 0 aliphatic rings. The molecule has 1 heterocycles. The van der Waals surface area contributed by atoms with E-state index < -0.39 is 5.91 Å². The molecule has 2 rings (SSSR count). The number of carbonyl (C=O) groups is 1. The largest absolute Gasteiger partial charge is 0.359 e. The Morgan fingerprint density at radius 3 is 2.83 bits per heavy atom. The summed E-state index contributed by atoms with van der Waals surface area (Å²) in [5, 5.41) is 15.3. The van der Waals surface area contributed by atoms with Crippen molar-refractivity contribution in [2.24, 2.45) is 0 Å². The maximum Gasteiger partial charge on any atom is 0.263 e. The minimum atomic E-state index is -0.498. The van der Waals surface area contributed by atoms with Crippen LogP contribution in [0.5, 0.6) is 0 Å². The first-order valence-corrected chi connectivity index (χ1v) is 7.35. The number of nitrogens with one attached hydrogen (secondary N) is 2. The molecule has 7 heteroatoms. The second-order valence-corrected chi connectivity index (χ2v) is 5.24. The number of aromatic nitrogens is 1. The van der Waals surface area contributed by atoms with Crippen molar-refractivity contribution in [3.05, 3.63) is 70.1 Å². The molecule has 0 aliphatic carbocycles. The summed E-state index contributed by atoms with van der Waals surface area (Å²) in [6, 6.07) is 10.5. The number of pyridine rings is 1. The third-order valence-electron chi connectivity index (χ3n) is 2.86. The molecule has 23 heavy (non-hydrogen) atoms. The summed E-state index contributed by atoms with van der Waals surface area (Å²) in [4.78, 5) is 16.0. The molecule has 0 saturated carbocycles. The lowest BCUT2D eigenvalue weighted by atomic mass is 10.2. The molecule has 5 nitrogen and oxygen atoms in total. The van der Waals surface area contributed by atoms with E-state index in [-0.39, 0.29) is 12.1 Å². The van der Waals surface area contributed by atoms with Gasteiger partial charge in [0, 0.05) is 25.1 Å². The summed E-state index contributed by atoms with van der Waals surface area (Å²) in [5.74, 6) is -0.498. The van der Waals surface area contributed by atoms with Crippen LogP contribution in [0.3, 0.4) is 0 Å². The van der Waals surface area contributed by atoms with Crippen LogP contribution in [0, 0.1) is 11.3 Å². The van der Waals surface area contributed by atoms with Crippen LogP contribution < -0.4 is 10.6 Å². The monoisotopic (exact) mass is 346 g/mol. The van der Waals surface area contributed by atoms with Crippen molar-refractivity contribution in [1.82, 2.24) is 10.3 Å². The Hall–Kier alpha value is -2.55. The van der Waals surface area contributed by atoms with Gasteiger partial charge in [-0.15, -0.1) is 0 Å². The first-order valence-electron chi connectivity index (χ1n) is 6.59. The fourth-order valence-corrected chi connectivity index (χ4v) is 2.05. The Balaban J connectivity index is 2.02. The van der Waals surface area contributed by atoms with Gasteiger partial charge in [0.25, 0.3) is 5.91 Å². The molecule has 0 fully saturated rings. The van der Waals surface area contributed by atoms with Gasteiger partial charge in [0.1, 0.15) is 11.6 Å². The van der Waals surface area contributed by atoms with Crippen molar-refractivity contribution in [2.75, 3.05) is 5.32 Å². The van der Waals surface area contributed by atoms with Gasteiger partial charge in [0.2, 0.25) is 0 Å². The highest BCUT2D eigenvalue weighted by Gasteiger charge is 2.09. The lowest BCUT2D eigenvalue weighted by Crippen LogP contribution is -2.24. The molecular formula is C16H12Cl2N4O. The van der Waals surface area contributed by atoms with Gasteiger partial charge in [-0.1, -0.05) is 35.3 Å². The Labute approximate surface area is 143 Å². The molecule has 1 amide bonds. The molecule has 0 spiro atoms. The number of amides is 1. The van der Waals surface area contributed by atoms with Crippen molar-refractivity contribution < 1.29 is 4.79 Å². The van der Waals surface area contributed by atoms with Crippen LogP contribution in [0.2, 0.25) is 10.0 Å². The summed E-state index contributed by atoms with van der Waals surface area (Å²) in [6.45, 7) is 0.281. The Morgan fingerprint density at radius 2 is 2.13 bits per heavy atom. The molecule has 0 atom stereocenters. The molecule has 0 aliphatic heterocycles. The third-order valence-corrected chi connectivity index (χ3v) is 3.68. The van der Waals surface area contributed by atoms with Crippen LogP contribution in [0.25, 0.3) is 0 Å². The van der Waals surface area contributed by atoms with E-state index in [0.29, 0.717) is 15.7 Å². The van der Waals surface area contributed by atoms with Crippen molar-refractivity contribution in [2.45, 2.75) is 6.54 Å². The van der Waals surface area contributed by atoms with E-state index in [9.17, 15) is 4.79 Å². The predicted molar refractivity (Wildman–Crippen MR) is 89.9 cm³/mol. The SMILES string of the molecule is N#C/C(=C/Nc1cccc(Cl)c1Cl)C(=O)NCc1cccnc1. The predicted octanol–water partition coefficient (Wildman–Crippen LogP) is 3.52. The number of halogens is 2. The average Bonchev–Trinajstić information content (AvgIpc) is 2.58. The normalized spacial score (nSPS) is 10.7. The van der Waals surface area contributed by atoms with Gasteiger partial charge in [-0.2, -0.15) is 5.26 Å². The van der Waals surface area contributed by atoms with E-state index in [4.69, 9.17) is 28.5 Å². The third kappa shape index (κ3) is 4.71. The summed E-state index contributed by atoms with van der Waals surface area (Å²) in [6.07, 6.45) is 4.57. The van der Waals surface area contributed by atoms with Crippen LogP contribution in [0.1, 0.15) is 5.56 Å². The molecule has 2 N–H and O–H groups in total. The minimum Gasteiger partial charge on any atom is -0.359 e. The van der Waals surface area contributed by atoms with E-state index in [1.807, 2.05) is 12.1 Å². The van der Waals surface area contributed by atoms with Gasteiger partial charge in [0.05, 0.1) is 15.7 Å². The standard InChI is InChI=1S/C16H12Cl2N4O/c17-13-4-1-5-14(15(13)18)21-10-12(7-19)16(23)22-9-11-3-2-6-20-8-11/h1-6,8,10,21H,9H2,(H,22,23)/b12-10-. The van der Waals surface area contributed by atoms with Crippen LogP contribution >= 0.6 is 23.2 Å². The number of carbonyl (C=O) groups excluding carboxylic acids is 1. The number of hydrogen-bond acceptors (Lipinski definition) is 4. The summed E-state index contributed by atoms with van der Waals surface area (Å²) < 4.78 is 0. The average molecular weight is 347 g/mol. The Kier molecular flexibility index (Phi) is 5.98. The van der Waals surface area contributed by atoms with Crippen molar-refractivity contribution in [3.63, 3.8) is 0 Å². The molecule has 2 aromatic rings. The van der Waals surface area contributed by atoms with E-state index in [1.165, 1.54) is 6.20 Å². The molecule has 1 aromatic carbocycles. The summed E-state index contributed by atoms with van der Waals surface area (Å²) in [7, 11) is 0. The Bertz CT molecular complexity index is 769. The molecule has 0 unspecified atom stereocenters. The van der Waals surface area contributed by atoms with Gasteiger partial charge < -0.3 is 10.6 Å². The fraction of sp³-hybridized carbons (Fsp3) is 0.0625. The van der Waals surface area contributed by atoms with Gasteiger partial charge in [0.15, 0.2) is 0 Å². The molecule has 1 aromatic heterocycles. The van der Waals surface area contributed by atoms with Crippen molar-refractivity contribution in [1.29, 1.82) is 5.26 Å². The second-order valence-electron chi connectivity index (χ2n) is 4.46. The molecule has 0 bridgehead atoms. The number of rotatable bonds is 5. The maximum absolute atomic E-state index is 12.0. The number of anilines is 1. The highest BCUT2D eigenvalue weighted by Crippen LogP contribution is 2.29. The van der Waals surface area contributed by atoms with Crippen molar-refractivity contribution in [3.8, 4) is 6.07 Å².